The highest BCUT2D eigenvalue weighted by atomic mass is 35.5. The van der Waals surface area contributed by atoms with Gasteiger partial charge in [-0.2, -0.15) is 0 Å². The number of methoxy groups -OCH3 is 1. The normalized spacial score (nSPS) is 10.4. The molecule has 2 aromatic carbocycles. The first-order valence-electron chi connectivity index (χ1n) is 5.50. The molecule has 0 saturated heterocycles. The van der Waals surface area contributed by atoms with E-state index >= 15 is 0 Å². The van der Waals surface area contributed by atoms with Crippen molar-refractivity contribution in [1.29, 1.82) is 0 Å². The maximum Gasteiger partial charge on any atom is 0.336 e. The molecule has 20 heavy (non-hydrogen) atoms. The molecule has 0 atom stereocenters. The van der Waals surface area contributed by atoms with E-state index in [9.17, 15) is 13.6 Å². The standard InChI is InChI=1S/C14H9ClF2O3/c1-20-8-5-11(16)13(12(17)6-8)10-4-7(15)2-3-9(10)14(18)19/h2-6H,1H3,(H,18,19). The van der Waals surface area contributed by atoms with Gasteiger partial charge in [0.1, 0.15) is 17.4 Å². The second-order valence-electron chi connectivity index (χ2n) is 3.96. The first-order valence-corrected chi connectivity index (χ1v) is 5.88. The van der Waals surface area contributed by atoms with Crippen LogP contribution in [0.4, 0.5) is 8.78 Å². The van der Waals surface area contributed by atoms with Gasteiger partial charge in [0.05, 0.1) is 18.2 Å². The lowest BCUT2D eigenvalue weighted by atomic mass is 9.98. The van der Waals surface area contributed by atoms with Crippen LogP contribution >= 0.6 is 11.6 Å². The Kier molecular flexibility index (Phi) is 3.90. The fourth-order valence-electron chi connectivity index (χ4n) is 1.83. The average molecular weight is 299 g/mol. The van der Waals surface area contributed by atoms with E-state index < -0.39 is 23.2 Å². The Labute approximate surface area is 118 Å². The number of benzene rings is 2. The maximum absolute atomic E-state index is 14.0. The third kappa shape index (κ3) is 2.58. The molecule has 0 saturated carbocycles. The molecular formula is C14H9ClF2O3. The molecule has 0 aliphatic heterocycles. The van der Waals surface area contributed by atoms with Gasteiger partial charge in [-0.3, -0.25) is 0 Å². The van der Waals surface area contributed by atoms with Gasteiger partial charge in [0.25, 0.3) is 0 Å². The Morgan fingerprint density at radius 3 is 2.30 bits per heavy atom. The van der Waals surface area contributed by atoms with Crippen LogP contribution in [0, 0.1) is 11.6 Å². The molecule has 0 amide bonds. The smallest absolute Gasteiger partial charge is 0.336 e. The Hall–Kier alpha value is -2.14. The summed E-state index contributed by atoms with van der Waals surface area (Å²) in [5.74, 6) is -3.15. The topological polar surface area (TPSA) is 46.5 Å². The molecule has 0 aromatic heterocycles. The molecule has 2 aromatic rings. The van der Waals surface area contributed by atoms with E-state index in [1.807, 2.05) is 0 Å². The fraction of sp³-hybridized carbons (Fsp3) is 0.0714. The SMILES string of the molecule is COc1cc(F)c(-c2cc(Cl)ccc2C(=O)O)c(F)c1. The monoisotopic (exact) mass is 298 g/mol. The van der Waals surface area contributed by atoms with E-state index in [0.717, 1.165) is 12.1 Å². The van der Waals surface area contributed by atoms with Gasteiger partial charge in [0.15, 0.2) is 0 Å². The molecule has 0 fully saturated rings. The first-order chi connectivity index (χ1) is 9.43. The summed E-state index contributed by atoms with van der Waals surface area (Å²) in [4.78, 5) is 11.1. The third-order valence-corrected chi connectivity index (χ3v) is 2.97. The number of ether oxygens (including phenoxy) is 1. The lowest BCUT2D eigenvalue weighted by Gasteiger charge is -2.11. The molecule has 0 aliphatic carbocycles. The van der Waals surface area contributed by atoms with Crippen molar-refractivity contribution in [3.8, 4) is 16.9 Å². The van der Waals surface area contributed by atoms with Crippen LogP contribution in [0.3, 0.4) is 0 Å². The number of carbonyl (C=O) groups is 1. The van der Waals surface area contributed by atoms with Gasteiger partial charge in [0.2, 0.25) is 0 Å². The van der Waals surface area contributed by atoms with Gasteiger partial charge in [-0.05, 0) is 18.2 Å². The van der Waals surface area contributed by atoms with Crippen LogP contribution in [0.25, 0.3) is 11.1 Å². The molecule has 0 spiro atoms. The van der Waals surface area contributed by atoms with Crippen LogP contribution in [-0.2, 0) is 0 Å². The fourth-order valence-corrected chi connectivity index (χ4v) is 2.01. The molecule has 2 rings (SSSR count). The average Bonchev–Trinajstić information content (AvgIpc) is 2.37. The first kappa shape index (κ1) is 14.3. The van der Waals surface area contributed by atoms with Crippen molar-refractivity contribution in [2.75, 3.05) is 7.11 Å². The zero-order chi connectivity index (χ0) is 14.9. The van der Waals surface area contributed by atoms with Gasteiger partial charge in [-0.25, -0.2) is 13.6 Å². The summed E-state index contributed by atoms with van der Waals surface area (Å²) in [6.45, 7) is 0. The van der Waals surface area contributed by atoms with Crippen molar-refractivity contribution in [3.05, 3.63) is 52.6 Å². The van der Waals surface area contributed by atoms with E-state index in [2.05, 4.69) is 0 Å². The lowest BCUT2D eigenvalue weighted by molar-refractivity contribution is 0.0697. The van der Waals surface area contributed by atoms with Gasteiger partial charge in [0, 0.05) is 22.7 Å². The quantitative estimate of drug-likeness (QED) is 0.932. The number of hydrogen-bond acceptors (Lipinski definition) is 2. The van der Waals surface area contributed by atoms with Gasteiger partial charge in [-0.1, -0.05) is 11.6 Å². The van der Waals surface area contributed by atoms with Crippen LogP contribution in [0.2, 0.25) is 5.02 Å². The second-order valence-corrected chi connectivity index (χ2v) is 4.40. The Morgan fingerprint density at radius 1 is 1.20 bits per heavy atom. The molecule has 0 bridgehead atoms. The third-order valence-electron chi connectivity index (χ3n) is 2.73. The maximum atomic E-state index is 14.0. The summed E-state index contributed by atoms with van der Waals surface area (Å²) in [6.07, 6.45) is 0. The van der Waals surface area contributed by atoms with Crippen molar-refractivity contribution in [3.63, 3.8) is 0 Å². The Bertz CT molecular complexity index is 663. The largest absolute Gasteiger partial charge is 0.497 e. The lowest BCUT2D eigenvalue weighted by Crippen LogP contribution is -2.02. The van der Waals surface area contributed by atoms with Crippen molar-refractivity contribution < 1.29 is 23.4 Å². The van der Waals surface area contributed by atoms with Crippen LogP contribution < -0.4 is 4.74 Å². The predicted molar refractivity (Wildman–Crippen MR) is 70.3 cm³/mol. The summed E-state index contributed by atoms with van der Waals surface area (Å²) in [5.41, 5.74) is -0.814. The zero-order valence-corrected chi connectivity index (χ0v) is 11.0. The van der Waals surface area contributed by atoms with Crippen molar-refractivity contribution in [2.24, 2.45) is 0 Å². The van der Waals surface area contributed by atoms with E-state index in [4.69, 9.17) is 21.4 Å². The minimum absolute atomic E-state index is 0.00246. The van der Waals surface area contributed by atoms with Crippen molar-refractivity contribution >= 4 is 17.6 Å². The van der Waals surface area contributed by atoms with Crippen LogP contribution in [0.1, 0.15) is 10.4 Å². The number of aromatic carboxylic acids is 1. The van der Waals surface area contributed by atoms with Crippen LogP contribution in [-0.4, -0.2) is 18.2 Å². The highest BCUT2D eigenvalue weighted by molar-refractivity contribution is 6.31. The van der Waals surface area contributed by atoms with Gasteiger partial charge < -0.3 is 9.84 Å². The number of hydrogen-bond donors (Lipinski definition) is 1. The number of halogens is 3. The number of carboxylic acid groups (broad SMARTS) is 1. The highest BCUT2D eigenvalue weighted by Crippen LogP contribution is 2.33. The molecule has 0 aliphatic rings. The number of carboxylic acids is 1. The highest BCUT2D eigenvalue weighted by Gasteiger charge is 2.20. The number of rotatable bonds is 3. The van der Waals surface area contributed by atoms with E-state index in [-0.39, 0.29) is 21.9 Å². The van der Waals surface area contributed by atoms with E-state index in [1.54, 1.807) is 0 Å². The second kappa shape index (κ2) is 5.46. The van der Waals surface area contributed by atoms with Crippen molar-refractivity contribution in [2.45, 2.75) is 0 Å². The summed E-state index contributed by atoms with van der Waals surface area (Å²) in [7, 11) is 1.27. The molecular weight excluding hydrogens is 290 g/mol. The Balaban J connectivity index is 2.74. The minimum Gasteiger partial charge on any atom is -0.497 e. The molecule has 0 radical (unpaired) electrons. The molecule has 104 valence electrons. The van der Waals surface area contributed by atoms with E-state index in [1.165, 1.54) is 25.3 Å². The van der Waals surface area contributed by atoms with Gasteiger partial charge in [-0.15, -0.1) is 0 Å². The summed E-state index contributed by atoms with van der Waals surface area (Å²) in [5, 5.41) is 9.27. The van der Waals surface area contributed by atoms with Crippen LogP contribution in [0.5, 0.6) is 5.75 Å². The molecule has 0 heterocycles. The summed E-state index contributed by atoms with van der Waals surface area (Å²) >= 11 is 5.77. The predicted octanol–water partition coefficient (Wildman–Crippen LogP) is 3.99. The van der Waals surface area contributed by atoms with Gasteiger partial charge >= 0.3 is 5.97 Å². The molecule has 1 N–H and O–H groups in total. The molecule has 0 unspecified atom stereocenters. The minimum atomic E-state index is -1.30. The van der Waals surface area contributed by atoms with E-state index in [0.29, 0.717) is 0 Å². The van der Waals surface area contributed by atoms with Crippen molar-refractivity contribution in [1.82, 2.24) is 0 Å². The molecule has 3 nitrogen and oxygen atoms in total. The summed E-state index contributed by atoms with van der Waals surface area (Å²) in [6, 6.07) is 5.70. The Morgan fingerprint density at radius 2 is 1.80 bits per heavy atom. The summed E-state index contributed by atoms with van der Waals surface area (Å²) < 4.78 is 32.8. The van der Waals surface area contributed by atoms with Crippen LogP contribution in [0.15, 0.2) is 30.3 Å². The molecule has 6 heteroatoms. The zero-order valence-electron chi connectivity index (χ0n) is 10.3.